The Morgan fingerprint density at radius 2 is 2.00 bits per heavy atom. The average molecular weight is 313 g/mol. The Morgan fingerprint density at radius 1 is 1.22 bits per heavy atom. The highest BCUT2D eigenvalue weighted by atomic mass is 16.5. The van der Waals surface area contributed by atoms with Crippen LogP contribution in [0, 0.1) is 13.8 Å². The highest BCUT2D eigenvalue weighted by Crippen LogP contribution is 2.41. The minimum atomic E-state index is -1.13. The van der Waals surface area contributed by atoms with Crippen molar-refractivity contribution in [3.63, 3.8) is 0 Å². The van der Waals surface area contributed by atoms with E-state index < -0.39 is 11.7 Å². The molecule has 0 aromatic heterocycles. The normalized spacial score (nSPS) is 23.0. The van der Waals surface area contributed by atoms with Gasteiger partial charge in [0.05, 0.1) is 0 Å². The number of para-hydroxylation sites is 1. The van der Waals surface area contributed by atoms with Crippen LogP contribution >= 0.6 is 0 Å². The summed E-state index contributed by atoms with van der Waals surface area (Å²) in [5, 5.41) is 14.1. The van der Waals surface area contributed by atoms with Crippen LogP contribution in [-0.4, -0.2) is 30.9 Å². The molecule has 23 heavy (non-hydrogen) atoms. The van der Waals surface area contributed by atoms with Crippen LogP contribution in [-0.2, 0) is 0 Å². The Hall–Kier alpha value is -2.04. The second-order valence-electron chi connectivity index (χ2n) is 6.16. The summed E-state index contributed by atoms with van der Waals surface area (Å²) in [5.74, 6) is 1.56. The van der Waals surface area contributed by atoms with E-state index in [0.29, 0.717) is 6.54 Å². The SMILES string of the molecule is CNC[C@]1(O)COc2ccccc2[C@@H]1Oc1cccc(C)c1C. The van der Waals surface area contributed by atoms with Crippen LogP contribution in [0.3, 0.4) is 0 Å². The first-order valence-electron chi connectivity index (χ1n) is 7.87. The summed E-state index contributed by atoms with van der Waals surface area (Å²) in [4.78, 5) is 0. The summed E-state index contributed by atoms with van der Waals surface area (Å²) in [5.41, 5.74) is 2.00. The lowest BCUT2D eigenvalue weighted by molar-refractivity contribution is -0.101. The van der Waals surface area contributed by atoms with E-state index in [1.54, 1.807) is 0 Å². The fourth-order valence-electron chi connectivity index (χ4n) is 3.00. The summed E-state index contributed by atoms with van der Waals surface area (Å²) < 4.78 is 12.0. The van der Waals surface area contributed by atoms with Crippen molar-refractivity contribution in [1.29, 1.82) is 0 Å². The van der Waals surface area contributed by atoms with Gasteiger partial charge in [-0.05, 0) is 44.2 Å². The molecule has 1 aliphatic heterocycles. The van der Waals surface area contributed by atoms with Crippen LogP contribution in [0.1, 0.15) is 22.8 Å². The van der Waals surface area contributed by atoms with E-state index >= 15 is 0 Å². The fraction of sp³-hybridized carbons (Fsp3) is 0.368. The monoisotopic (exact) mass is 313 g/mol. The Kier molecular flexibility index (Phi) is 4.28. The predicted molar refractivity (Wildman–Crippen MR) is 90.1 cm³/mol. The largest absolute Gasteiger partial charge is 0.490 e. The number of fused-ring (bicyclic) bond motifs is 1. The Morgan fingerprint density at radius 3 is 2.78 bits per heavy atom. The molecule has 4 heteroatoms. The quantitative estimate of drug-likeness (QED) is 0.911. The molecule has 2 atom stereocenters. The molecule has 122 valence electrons. The molecule has 0 bridgehead atoms. The standard InChI is InChI=1S/C19H23NO3/c1-13-7-6-10-16(14(13)2)23-18-15-8-4-5-9-17(15)22-12-19(18,21)11-20-3/h4-10,18,20-21H,11-12H2,1-3H3/t18-,19-/m0/s1. The Labute approximate surface area is 137 Å². The highest BCUT2D eigenvalue weighted by Gasteiger charge is 2.45. The third-order valence-corrected chi connectivity index (χ3v) is 4.45. The maximum Gasteiger partial charge on any atom is 0.160 e. The molecule has 0 unspecified atom stereocenters. The number of likely N-dealkylation sites (N-methyl/N-ethyl adjacent to an activating group) is 1. The third kappa shape index (κ3) is 2.92. The number of rotatable bonds is 4. The molecule has 1 aliphatic rings. The minimum Gasteiger partial charge on any atom is -0.490 e. The summed E-state index contributed by atoms with van der Waals surface area (Å²) in [6.07, 6.45) is -0.486. The van der Waals surface area contributed by atoms with Crippen LogP contribution < -0.4 is 14.8 Å². The van der Waals surface area contributed by atoms with Crippen LogP contribution in [0.15, 0.2) is 42.5 Å². The number of hydrogen-bond donors (Lipinski definition) is 2. The molecule has 0 aliphatic carbocycles. The smallest absolute Gasteiger partial charge is 0.160 e. The molecule has 3 rings (SSSR count). The van der Waals surface area contributed by atoms with Gasteiger partial charge in [-0.25, -0.2) is 0 Å². The van der Waals surface area contributed by atoms with Crippen LogP contribution in [0.5, 0.6) is 11.5 Å². The second kappa shape index (κ2) is 6.22. The molecule has 1 heterocycles. The van der Waals surface area contributed by atoms with E-state index in [1.807, 2.05) is 50.4 Å². The second-order valence-corrected chi connectivity index (χ2v) is 6.16. The molecule has 2 aromatic carbocycles. The number of aryl methyl sites for hydroxylation is 1. The lowest BCUT2D eigenvalue weighted by Gasteiger charge is -2.40. The summed E-state index contributed by atoms with van der Waals surface area (Å²) in [7, 11) is 1.81. The van der Waals surface area contributed by atoms with E-state index in [9.17, 15) is 5.11 Å². The lowest BCUT2D eigenvalue weighted by Crippen LogP contribution is -2.53. The van der Waals surface area contributed by atoms with Crippen molar-refractivity contribution in [1.82, 2.24) is 5.32 Å². The van der Waals surface area contributed by atoms with Crippen molar-refractivity contribution < 1.29 is 14.6 Å². The molecule has 0 amide bonds. The van der Waals surface area contributed by atoms with Gasteiger partial charge in [0.15, 0.2) is 11.7 Å². The summed E-state index contributed by atoms with van der Waals surface area (Å²) in [6, 6.07) is 13.7. The first kappa shape index (κ1) is 15.8. The highest BCUT2D eigenvalue weighted by molar-refractivity contribution is 5.43. The van der Waals surface area contributed by atoms with Gasteiger partial charge in [0, 0.05) is 12.1 Å². The van der Waals surface area contributed by atoms with E-state index in [-0.39, 0.29) is 6.61 Å². The average Bonchev–Trinajstić information content (AvgIpc) is 2.54. The molecule has 0 saturated heterocycles. The van der Waals surface area contributed by atoms with Crippen molar-refractivity contribution in [2.45, 2.75) is 25.6 Å². The summed E-state index contributed by atoms with van der Waals surface area (Å²) in [6.45, 7) is 4.67. The predicted octanol–water partition coefficient (Wildman–Crippen LogP) is 2.77. The zero-order chi connectivity index (χ0) is 16.4. The van der Waals surface area contributed by atoms with Gasteiger partial charge in [-0.1, -0.05) is 30.3 Å². The number of hydrogen-bond acceptors (Lipinski definition) is 4. The van der Waals surface area contributed by atoms with Crippen LogP contribution in [0.2, 0.25) is 0 Å². The number of aliphatic hydroxyl groups is 1. The van der Waals surface area contributed by atoms with Gasteiger partial charge in [-0.15, -0.1) is 0 Å². The topological polar surface area (TPSA) is 50.7 Å². The molecule has 2 aromatic rings. The van der Waals surface area contributed by atoms with Crippen LogP contribution in [0.25, 0.3) is 0 Å². The van der Waals surface area contributed by atoms with Crippen LogP contribution in [0.4, 0.5) is 0 Å². The van der Waals surface area contributed by atoms with Gasteiger partial charge in [0.25, 0.3) is 0 Å². The van der Waals surface area contributed by atoms with Crippen molar-refractivity contribution in [3.8, 4) is 11.5 Å². The maximum atomic E-state index is 11.1. The van der Waals surface area contributed by atoms with Gasteiger partial charge in [-0.2, -0.15) is 0 Å². The van der Waals surface area contributed by atoms with Gasteiger partial charge in [0.2, 0.25) is 0 Å². The number of benzene rings is 2. The zero-order valence-corrected chi connectivity index (χ0v) is 13.8. The van der Waals surface area contributed by atoms with Gasteiger partial charge in [0.1, 0.15) is 18.1 Å². The number of nitrogens with one attached hydrogen (secondary N) is 1. The van der Waals surface area contributed by atoms with Gasteiger partial charge >= 0.3 is 0 Å². The molecule has 2 N–H and O–H groups in total. The van der Waals surface area contributed by atoms with Gasteiger partial charge < -0.3 is 19.9 Å². The Balaban J connectivity index is 2.02. The first-order valence-corrected chi connectivity index (χ1v) is 7.87. The third-order valence-electron chi connectivity index (χ3n) is 4.45. The molecular weight excluding hydrogens is 290 g/mol. The van der Waals surface area contributed by atoms with Crippen molar-refractivity contribution in [3.05, 3.63) is 59.2 Å². The molecule has 0 radical (unpaired) electrons. The van der Waals surface area contributed by atoms with E-state index in [4.69, 9.17) is 9.47 Å². The van der Waals surface area contributed by atoms with Crippen molar-refractivity contribution >= 4 is 0 Å². The van der Waals surface area contributed by atoms with Gasteiger partial charge in [-0.3, -0.25) is 0 Å². The lowest BCUT2D eigenvalue weighted by atomic mass is 9.88. The molecular formula is C19H23NO3. The summed E-state index contributed by atoms with van der Waals surface area (Å²) >= 11 is 0. The van der Waals surface area contributed by atoms with E-state index in [2.05, 4.69) is 18.3 Å². The first-order chi connectivity index (χ1) is 11.0. The maximum absolute atomic E-state index is 11.1. The minimum absolute atomic E-state index is 0.195. The molecule has 0 fully saturated rings. The molecule has 4 nitrogen and oxygen atoms in total. The number of ether oxygens (including phenoxy) is 2. The van der Waals surface area contributed by atoms with E-state index in [1.165, 1.54) is 5.56 Å². The zero-order valence-electron chi connectivity index (χ0n) is 13.8. The van der Waals surface area contributed by atoms with Crippen molar-refractivity contribution in [2.75, 3.05) is 20.2 Å². The molecule has 0 spiro atoms. The van der Waals surface area contributed by atoms with E-state index in [0.717, 1.165) is 22.6 Å². The fourth-order valence-corrected chi connectivity index (χ4v) is 3.00. The van der Waals surface area contributed by atoms with Crippen molar-refractivity contribution in [2.24, 2.45) is 0 Å². The molecule has 0 saturated carbocycles. The Bertz CT molecular complexity index is 701.